The molecule has 1 N–H and O–H groups in total. The zero-order valence-electron chi connectivity index (χ0n) is 12.1. The number of amides is 1. The van der Waals surface area contributed by atoms with Gasteiger partial charge in [0.1, 0.15) is 11.4 Å². The average molecular weight is 299 g/mol. The summed E-state index contributed by atoms with van der Waals surface area (Å²) in [5.41, 5.74) is 2.40. The molecule has 0 atom stereocenters. The topological polar surface area (TPSA) is 59.9 Å². The van der Waals surface area contributed by atoms with Gasteiger partial charge in [0.05, 0.1) is 12.8 Å². The van der Waals surface area contributed by atoms with Crippen molar-refractivity contribution >= 4 is 23.9 Å². The van der Waals surface area contributed by atoms with Crippen molar-refractivity contribution in [3.8, 4) is 5.75 Å². The molecule has 1 aromatic carbocycles. The molecule has 20 heavy (non-hydrogen) atoms. The van der Waals surface area contributed by atoms with Crippen molar-refractivity contribution in [3.63, 3.8) is 0 Å². The van der Waals surface area contributed by atoms with Crippen molar-refractivity contribution < 1.29 is 14.3 Å². The van der Waals surface area contributed by atoms with Gasteiger partial charge in [0.2, 0.25) is 0 Å². The summed E-state index contributed by atoms with van der Waals surface area (Å²) in [6.07, 6.45) is 0.842. The van der Waals surface area contributed by atoms with Crippen LogP contribution in [0.1, 0.15) is 33.3 Å². The molecule has 0 bridgehead atoms. The highest BCUT2D eigenvalue weighted by molar-refractivity contribution is 6.30. The maximum atomic E-state index is 11.4. The standard InChI is InChI=1S/C14H19ClN2O3/c1-5-19-12-7-6-11(15)8-10(12)9-16-17-13(18)20-14(2,3)4/h6-9H,5H2,1-4H3,(H,17,18)/b16-9-. The molecule has 1 rings (SSSR count). The lowest BCUT2D eigenvalue weighted by Gasteiger charge is -2.18. The third kappa shape index (κ3) is 5.93. The van der Waals surface area contributed by atoms with Crippen LogP contribution in [0.5, 0.6) is 5.75 Å². The van der Waals surface area contributed by atoms with Gasteiger partial charge in [0.15, 0.2) is 0 Å². The maximum Gasteiger partial charge on any atom is 0.428 e. The largest absolute Gasteiger partial charge is 0.493 e. The van der Waals surface area contributed by atoms with E-state index < -0.39 is 11.7 Å². The predicted octanol–water partition coefficient (Wildman–Crippen LogP) is 3.60. The second kappa shape index (κ2) is 7.14. The fourth-order valence-corrected chi connectivity index (χ4v) is 1.54. The molecule has 0 saturated heterocycles. The van der Waals surface area contributed by atoms with Crippen molar-refractivity contribution in [2.75, 3.05) is 6.61 Å². The summed E-state index contributed by atoms with van der Waals surface area (Å²) in [5, 5.41) is 4.38. The summed E-state index contributed by atoms with van der Waals surface area (Å²) in [6, 6.07) is 5.18. The number of carbonyl (C=O) groups excluding carboxylic acids is 1. The van der Waals surface area contributed by atoms with Gasteiger partial charge in [0, 0.05) is 10.6 Å². The van der Waals surface area contributed by atoms with E-state index >= 15 is 0 Å². The number of ether oxygens (including phenoxy) is 2. The predicted molar refractivity (Wildman–Crippen MR) is 79.6 cm³/mol. The minimum Gasteiger partial charge on any atom is -0.493 e. The Morgan fingerprint density at radius 1 is 1.45 bits per heavy atom. The molecule has 0 radical (unpaired) electrons. The number of hydrazone groups is 1. The normalized spacial score (nSPS) is 11.4. The summed E-state index contributed by atoms with van der Waals surface area (Å²) in [4.78, 5) is 11.4. The third-order valence-corrected chi connectivity index (χ3v) is 2.27. The second-order valence-corrected chi connectivity index (χ2v) is 5.42. The zero-order chi connectivity index (χ0) is 15.2. The highest BCUT2D eigenvalue weighted by Crippen LogP contribution is 2.21. The molecule has 110 valence electrons. The summed E-state index contributed by atoms with van der Waals surface area (Å²) in [7, 11) is 0. The molecular formula is C14H19ClN2O3. The number of nitrogens with zero attached hydrogens (tertiary/aromatic N) is 1. The van der Waals surface area contributed by atoms with Crippen molar-refractivity contribution in [1.29, 1.82) is 0 Å². The number of rotatable bonds is 4. The Bertz CT molecular complexity index is 496. The van der Waals surface area contributed by atoms with Gasteiger partial charge in [-0.05, 0) is 45.9 Å². The van der Waals surface area contributed by atoms with Gasteiger partial charge < -0.3 is 9.47 Å². The van der Waals surface area contributed by atoms with E-state index in [1.54, 1.807) is 39.0 Å². The Hall–Kier alpha value is -1.75. The first kappa shape index (κ1) is 16.3. The zero-order valence-corrected chi connectivity index (χ0v) is 12.8. The first-order valence-corrected chi connectivity index (χ1v) is 6.64. The number of carbonyl (C=O) groups is 1. The van der Waals surface area contributed by atoms with Crippen LogP contribution in [-0.4, -0.2) is 24.5 Å². The quantitative estimate of drug-likeness (QED) is 0.682. The summed E-state index contributed by atoms with van der Waals surface area (Å²) >= 11 is 5.92. The minimum atomic E-state index is -0.617. The Kier molecular flexibility index (Phi) is 5.82. The SMILES string of the molecule is CCOc1ccc(Cl)cc1/C=N\NC(=O)OC(C)(C)C. The summed E-state index contributed by atoms with van der Waals surface area (Å²) < 4.78 is 10.5. The van der Waals surface area contributed by atoms with Crippen LogP contribution in [0.4, 0.5) is 4.79 Å². The van der Waals surface area contributed by atoms with Gasteiger partial charge in [-0.15, -0.1) is 0 Å². The first-order valence-electron chi connectivity index (χ1n) is 6.26. The Labute approximate surface area is 123 Å². The number of halogens is 1. The Morgan fingerprint density at radius 2 is 2.15 bits per heavy atom. The first-order chi connectivity index (χ1) is 9.31. The molecule has 0 unspecified atom stereocenters. The highest BCUT2D eigenvalue weighted by Gasteiger charge is 2.15. The molecular weight excluding hydrogens is 280 g/mol. The van der Waals surface area contributed by atoms with Crippen molar-refractivity contribution in [2.24, 2.45) is 5.10 Å². The van der Waals surface area contributed by atoms with Crippen molar-refractivity contribution in [2.45, 2.75) is 33.3 Å². The molecule has 1 aromatic rings. The monoisotopic (exact) mass is 298 g/mol. The third-order valence-electron chi connectivity index (χ3n) is 2.03. The van der Waals surface area contributed by atoms with Crippen molar-refractivity contribution in [3.05, 3.63) is 28.8 Å². The van der Waals surface area contributed by atoms with Crippen LogP contribution < -0.4 is 10.2 Å². The lowest BCUT2D eigenvalue weighted by Crippen LogP contribution is -2.29. The minimum absolute atomic E-state index is 0.530. The lowest BCUT2D eigenvalue weighted by atomic mass is 10.2. The second-order valence-electron chi connectivity index (χ2n) is 4.99. The number of hydrogen-bond acceptors (Lipinski definition) is 4. The van der Waals surface area contributed by atoms with Gasteiger partial charge in [-0.2, -0.15) is 5.10 Å². The molecule has 1 amide bonds. The molecule has 5 nitrogen and oxygen atoms in total. The Morgan fingerprint density at radius 3 is 2.75 bits per heavy atom. The molecule has 6 heteroatoms. The number of benzene rings is 1. The molecule has 0 saturated carbocycles. The number of hydrogen-bond donors (Lipinski definition) is 1. The summed E-state index contributed by atoms with van der Waals surface area (Å²) in [5.74, 6) is 0.645. The van der Waals surface area contributed by atoms with Crippen LogP contribution in [0, 0.1) is 0 Å². The fourth-order valence-electron chi connectivity index (χ4n) is 1.36. The average Bonchev–Trinajstić information content (AvgIpc) is 2.30. The van der Waals surface area contributed by atoms with Crippen LogP contribution in [0.3, 0.4) is 0 Å². The van der Waals surface area contributed by atoms with E-state index in [1.807, 2.05) is 6.92 Å². The van der Waals surface area contributed by atoms with Gasteiger partial charge in [-0.1, -0.05) is 11.6 Å². The van der Waals surface area contributed by atoms with E-state index in [4.69, 9.17) is 21.1 Å². The van der Waals surface area contributed by atoms with E-state index in [9.17, 15) is 4.79 Å². The van der Waals surface area contributed by atoms with Gasteiger partial charge in [-0.25, -0.2) is 10.2 Å². The van der Waals surface area contributed by atoms with E-state index in [2.05, 4.69) is 10.5 Å². The van der Waals surface area contributed by atoms with Gasteiger partial charge in [0.25, 0.3) is 0 Å². The van der Waals surface area contributed by atoms with Gasteiger partial charge >= 0.3 is 6.09 Å². The Balaban J connectivity index is 2.70. The number of nitrogens with one attached hydrogen (secondary N) is 1. The van der Waals surface area contributed by atoms with Crippen LogP contribution >= 0.6 is 11.6 Å². The van der Waals surface area contributed by atoms with E-state index in [0.717, 1.165) is 0 Å². The van der Waals surface area contributed by atoms with Gasteiger partial charge in [-0.3, -0.25) is 0 Å². The molecule has 0 heterocycles. The molecule has 0 aliphatic rings. The highest BCUT2D eigenvalue weighted by atomic mass is 35.5. The van der Waals surface area contributed by atoms with E-state index in [1.165, 1.54) is 6.21 Å². The smallest absolute Gasteiger partial charge is 0.428 e. The molecule has 0 aromatic heterocycles. The van der Waals surface area contributed by atoms with E-state index in [0.29, 0.717) is 22.9 Å². The summed E-state index contributed by atoms with van der Waals surface area (Å²) in [6.45, 7) is 7.75. The van der Waals surface area contributed by atoms with Crippen LogP contribution in [0.25, 0.3) is 0 Å². The molecule has 0 aliphatic heterocycles. The van der Waals surface area contributed by atoms with Crippen LogP contribution in [0.2, 0.25) is 5.02 Å². The maximum absolute atomic E-state index is 11.4. The van der Waals surface area contributed by atoms with Crippen LogP contribution in [-0.2, 0) is 4.74 Å². The van der Waals surface area contributed by atoms with Crippen molar-refractivity contribution in [1.82, 2.24) is 5.43 Å². The molecule has 0 spiro atoms. The van der Waals surface area contributed by atoms with Crippen LogP contribution in [0.15, 0.2) is 23.3 Å². The van der Waals surface area contributed by atoms with E-state index in [-0.39, 0.29) is 0 Å². The lowest BCUT2D eigenvalue weighted by molar-refractivity contribution is 0.0529. The molecule has 0 fully saturated rings. The molecule has 0 aliphatic carbocycles. The fraction of sp³-hybridized carbons (Fsp3) is 0.429.